The largest absolute Gasteiger partial charge is 0.479 e. The molecule has 2 atom stereocenters. The van der Waals surface area contributed by atoms with E-state index in [0.29, 0.717) is 30.2 Å². The molecule has 176 valence electrons. The number of ether oxygens (including phenoxy) is 1. The topological polar surface area (TPSA) is 105 Å². The molecule has 11 heteroatoms. The van der Waals surface area contributed by atoms with E-state index in [-0.39, 0.29) is 35.3 Å². The van der Waals surface area contributed by atoms with Gasteiger partial charge in [0.15, 0.2) is 6.10 Å². The minimum Gasteiger partial charge on any atom is -0.479 e. The van der Waals surface area contributed by atoms with Crippen molar-refractivity contribution in [2.45, 2.75) is 37.7 Å². The van der Waals surface area contributed by atoms with Gasteiger partial charge in [-0.2, -0.15) is 4.31 Å². The van der Waals surface area contributed by atoms with E-state index in [4.69, 9.17) is 4.74 Å². The van der Waals surface area contributed by atoms with Crippen molar-refractivity contribution < 1.29 is 31.5 Å². The van der Waals surface area contributed by atoms with Crippen molar-refractivity contribution in [1.29, 1.82) is 0 Å². The molecule has 1 fully saturated rings. The maximum atomic E-state index is 13.9. The van der Waals surface area contributed by atoms with Gasteiger partial charge in [0, 0.05) is 25.2 Å². The molecule has 2 amide bonds. The number of benzene rings is 2. The Bertz CT molecular complexity index is 1230. The molecule has 2 aromatic rings. The lowest BCUT2D eigenvalue weighted by Gasteiger charge is -2.32. The molecule has 0 unspecified atom stereocenters. The lowest BCUT2D eigenvalue weighted by molar-refractivity contribution is -0.123. The molecule has 4 rings (SSSR count). The van der Waals surface area contributed by atoms with Crippen LogP contribution in [0.15, 0.2) is 35.2 Å². The number of rotatable bonds is 4. The molecule has 2 heterocycles. The van der Waals surface area contributed by atoms with Gasteiger partial charge in [0.2, 0.25) is 15.9 Å². The van der Waals surface area contributed by atoms with Gasteiger partial charge in [0.25, 0.3) is 5.91 Å². The minimum atomic E-state index is -3.97. The SMILES string of the molecule is Cc1cc2c(cc1S(=O)(=O)N1CCC[C@@H](C(=O)Nc3ccc(F)cc3F)C1)O[C@@H](C)C(=O)N2. The van der Waals surface area contributed by atoms with Crippen molar-refractivity contribution in [2.24, 2.45) is 5.92 Å². The number of aryl methyl sites for hydroxylation is 1. The normalized spacial score (nSPS) is 21.0. The number of hydrogen-bond donors (Lipinski definition) is 2. The zero-order valence-electron chi connectivity index (χ0n) is 18.0. The van der Waals surface area contributed by atoms with Crippen LogP contribution in [0.3, 0.4) is 0 Å². The fourth-order valence-corrected chi connectivity index (χ4v) is 5.71. The summed E-state index contributed by atoms with van der Waals surface area (Å²) in [5, 5.41) is 5.10. The average Bonchev–Trinajstić information content (AvgIpc) is 2.76. The third kappa shape index (κ3) is 4.55. The van der Waals surface area contributed by atoms with E-state index >= 15 is 0 Å². The zero-order chi connectivity index (χ0) is 23.9. The molecule has 2 N–H and O–H groups in total. The Morgan fingerprint density at radius 2 is 2.00 bits per heavy atom. The number of amides is 2. The van der Waals surface area contributed by atoms with Crippen LogP contribution < -0.4 is 15.4 Å². The average molecular weight is 480 g/mol. The Labute approximate surface area is 190 Å². The summed E-state index contributed by atoms with van der Waals surface area (Å²) in [6.07, 6.45) is 0.110. The summed E-state index contributed by atoms with van der Waals surface area (Å²) in [5.74, 6) is -2.98. The smallest absolute Gasteiger partial charge is 0.265 e. The first-order chi connectivity index (χ1) is 15.6. The van der Waals surface area contributed by atoms with E-state index in [1.165, 1.54) is 16.4 Å². The Hall–Kier alpha value is -3.05. The number of sulfonamides is 1. The first-order valence-electron chi connectivity index (χ1n) is 10.4. The van der Waals surface area contributed by atoms with Crippen LogP contribution in [0.1, 0.15) is 25.3 Å². The number of carbonyl (C=O) groups excluding carboxylic acids is 2. The van der Waals surface area contributed by atoms with Gasteiger partial charge in [-0.1, -0.05) is 0 Å². The fourth-order valence-electron chi connectivity index (χ4n) is 3.96. The number of piperidine rings is 1. The summed E-state index contributed by atoms with van der Waals surface area (Å²) in [6.45, 7) is 3.32. The van der Waals surface area contributed by atoms with E-state index in [9.17, 15) is 26.8 Å². The minimum absolute atomic E-state index is 0.0234. The Kier molecular flexibility index (Phi) is 6.10. The van der Waals surface area contributed by atoms with Gasteiger partial charge in [0.1, 0.15) is 17.4 Å². The van der Waals surface area contributed by atoms with Crippen LogP contribution >= 0.6 is 0 Å². The second kappa shape index (κ2) is 8.71. The molecule has 8 nitrogen and oxygen atoms in total. The van der Waals surface area contributed by atoms with Gasteiger partial charge in [-0.25, -0.2) is 17.2 Å². The molecule has 33 heavy (non-hydrogen) atoms. The summed E-state index contributed by atoms with van der Waals surface area (Å²) in [7, 11) is -3.97. The van der Waals surface area contributed by atoms with Gasteiger partial charge in [-0.05, 0) is 50.5 Å². The fraction of sp³-hybridized carbons (Fsp3) is 0.364. The first kappa shape index (κ1) is 23.1. The third-order valence-corrected chi connectivity index (χ3v) is 7.78. The summed E-state index contributed by atoms with van der Waals surface area (Å²) in [4.78, 5) is 24.5. The number of nitrogens with one attached hydrogen (secondary N) is 2. The highest BCUT2D eigenvalue weighted by atomic mass is 32.2. The summed E-state index contributed by atoms with van der Waals surface area (Å²) in [6, 6.07) is 5.74. The van der Waals surface area contributed by atoms with Crippen molar-refractivity contribution in [1.82, 2.24) is 4.31 Å². The standard InChI is InChI=1S/C22H23F2N3O5S/c1-12-8-18-19(32-13(2)21(28)26-18)10-20(12)33(30,31)27-7-3-4-14(11-27)22(29)25-17-6-5-15(23)9-16(17)24/h5-6,8-10,13-14H,3-4,7,11H2,1-2H3,(H,25,29)(H,26,28)/t13-,14+/m0/s1. The summed E-state index contributed by atoms with van der Waals surface area (Å²) in [5.41, 5.74) is 0.652. The summed E-state index contributed by atoms with van der Waals surface area (Å²) >= 11 is 0. The van der Waals surface area contributed by atoms with Crippen LogP contribution in [-0.4, -0.2) is 43.7 Å². The van der Waals surface area contributed by atoms with Crippen LogP contribution in [0.2, 0.25) is 0 Å². The third-order valence-electron chi connectivity index (χ3n) is 5.77. The molecule has 0 radical (unpaired) electrons. The second-order valence-corrected chi connectivity index (χ2v) is 10.1. The van der Waals surface area contributed by atoms with Crippen molar-refractivity contribution in [3.05, 3.63) is 47.5 Å². The monoisotopic (exact) mass is 479 g/mol. The van der Waals surface area contributed by atoms with Gasteiger partial charge >= 0.3 is 0 Å². The van der Waals surface area contributed by atoms with Crippen LogP contribution in [0.4, 0.5) is 20.2 Å². The van der Waals surface area contributed by atoms with E-state index in [1.807, 2.05) is 0 Å². The van der Waals surface area contributed by atoms with Crippen molar-refractivity contribution in [3.63, 3.8) is 0 Å². The van der Waals surface area contributed by atoms with Gasteiger partial charge in [-0.15, -0.1) is 0 Å². The maximum absolute atomic E-state index is 13.9. The van der Waals surface area contributed by atoms with Crippen molar-refractivity contribution >= 4 is 33.2 Å². The highest BCUT2D eigenvalue weighted by molar-refractivity contribution is 7.89. The lowest BCUT2D eigenvalue weighted by Crippen LogP contribution is -2.44. The zero-order valence-corrected chi connectivity index (χ0v) is 18.8. The van der Waals surface area contributed by atoms with Gasteiger partial charge in [0.05, 0.1) is 22.2 Å². The molecule has 1 saturated heterocycles. The Balaban J connectivity index is 1.54. The predicted octanol–water partition coefficient (Wildman–Crippen LogP) is 3.03. The van der Waals surface area contributed by atoms with Crippen molar-refractivity contribution in [3.8, 4) is 5.75 Å². The van der Waals surface area contributed by atoms with Crippen LogP contribution in [0, 0.1) is 24.5 Å². The highest BCUT2D eigenvalue weighted by Crippen LogP contribution is 2.36. The second-order valence-electron chi connectivity index (χ2n) is 8.18. The van der Waals surface area contributed by atoms with Crippen molar-refractivity contribution in [2.75, 3.05) is 23.7 Å². The van der Waals surface area contributed by atoms with E-state index in [0.717, 1.165) is 12.1 Å². The molecule has 0 bridgehead atoms. The molecule has 2 aliphatic heterocycles. The maximum Gasteiger partial charge on any atom is 0.265 e. The number of fused-ring (bicyclic) bond motifs is 1. The molecule has 2 aromatic carbocycles. The number of carbonyl (C=O) groups is 2. The summed E-state index contributed by atoms with van der Waals surface area (Å²) < 4.78 is 60.6. The molecule has 0 aromatic heterocycles. The van der Waals surface area contributed by atoms with Gasteiger partial charge in [-0.3, -0.25) is 9.59 Å². The quantitative estimate of drug-likeness (QED) is 0.702. The van der Waals surface area contributed by atoms with Crippen LogP contribution in [-0.2, 0) is 19.6 Å². The lowest BCUT2D eigenvalue weighted by atomic mass is 9.98. The van der Waals surface area contributed by atoms with E-state index in [1.54, 1.807) is 13.8 Å². The highest BCUT2D eigenvalue weighted by Gasteiger charge is 2.35. The number of anilines is 2. The number of hydrogen-bond acceptors (Lipinski definition) is 5. The Morgan fingerprint density at radius 3 is 2.73 bits per heavy atom. The molecule has 0 aliphatic carbocycles. The molecule has 2 aliphatic rings. The molecule has 0 saturated carbocycles. The first-order valence-corrected chi connectivity index (χ1v) is 11.9. The van der Waals surface area contributed by atoms with Crippen LogP contribution in [0.25, 0.3) is 0 Å². The predicted molar refractivity (Wildman–Crippen MR) is 116 cm³/mol. The van der Waals surface area contributed by atoms with E-state index in [2.05, 4.69) is 10.6 Å². The van der Waals surface area contributed by atoms with Gasteiger partial charge < -0.3 is 15.4 Å². The molecular formula is C22H23F2N3O5S. The number of nitrogens with zero attached hydrogens (tertiary/aromatic N) is 1. The Morgan fingerprint density at radius 1 is 1.24 bits per heavy atom. The van der Waals surface area contributed by atoms with E-state index < -0.39 is 39.6 Å². The number of halogens is 2. The van der Waals surface area contributed by atoms with Crippen LogP contribution in [0.5, 0.6) is 5.75 Å². The molecular weight excluding hydrogens is 456 g/mol. The molecule has 0 spiro atoms.